The Balaban J connectivity index is 4.06. The first kappa shape index (κ1) is 32.0. The molecule has 0 aliphatic carbocycles. The first-order chi connectivity index (χ1) is 15.7. The molecule has 32 heavy (non-hydrogen) atoms. The molecule has 7 nitrogen and oxygen atoms in total. The second-order valence-corrected chi connectivity index (χ2v) is 9.64. The summed E-state index contributed by atoms with van der Waals surface area (Å²) in [6.07, 6.45) is 11.4. The highest BCUT2D eigenvalue weighted by Gasteiger charge is 2.26. The number of hydrogen-bond acceptors (Lipinski definition) is 7. The SMILES string of the molecule is CCCOCCCCCOP(=O)(OCCCCCOCCC)OCCCCCOCCC. The molecular formula is C24H51O7P. The maximum atomic E-state index is 13.0. The molecule has 0 aromatic rings. The van der Waals surface area contributed by atoms with Crippen molar-refractivity contribution in [2.75, 3.05) is 59.5 Å². The molecule has 0 aliphatic heterocycles. The number of phosphoric ester groups is 1. The molecule has 0 aromatic heterocycles. The van der Waals surface area contributed by atoms with Gasteiger partial charge in [-0.15, -0.1) is 0 Å². The fraction of sp³-hybridized carbons (Fsp3) is 1.00. The normalized spacial score (nSPS) is 12.0. The van der Waals surface area contributed by atoms with E-state index in [1.165, 1.54) is 0 Å². The molecule has 0 N–H and O–H groups in total. The van der Waals surface area contributed by atoms with Crippen molar-refractivity contribution >= 4 is 7.82 Å². The average molecular weight is 483 g/mol. The Hall–Kier alpha value is -0.0100. The zero-order valence-electron chi connectivity index (χ0n) is 21.2. The smallest absolute Gasteiger partial charge is 0.381 e. The van der Waals surface area contributed by atoms with E-state index in [2.05, 4.69) is 20.8 Å². The van der Waals surface area contributed by atoms with Gasteiger partial charge in [0.15, 0.2) is 0 Å². The number of rotatable bonds is 27. The quantitative estimate of drug-likeness (QED) is 0.0928. The number of hydrogen-bond donors (Lipinski definition) is 0. The molecule has 0 amide bonds. The maximum Gasteiger partial charge on any atom is 0.474 e. The number of phosphoric acid groups is 1. The maximum absolute atomic E-state index is 13.0. The zero-order chi connectivity index (χ0) is 23.6. The van der Waals surface area contributed by atoms with E-state index in [0.29, 0.717) is 19.8 Å². The van der Waals surface area contributed by atoms with Crippen molar-refractivity contribution in [3.63, 3.8) is 0 Å². The van der Waals surface area contributed by atoms with Gasteiger partial charge in [0.2, 0.25) is 0 Å². The van der Waals surface area contributed by atoms with Gasteiger partial charge in [0.1, 0.15) is 0 Å². The van der Waals surface area contributed by atoms with Crippen molar-refractivity contribution in [1.29, 1.82) is 0 Å². The molecule has 0 radical (unpaired) electrons. The Kier molecular flexibility index (Phi) is 25.6. The third kappa shape index (κ3) is 23.2. The van der Waals surface area contributed by atoms with E-state index in [1.54, 1.807) is 0 Å². The predicted molar refractivity (Wildman–Crippen MR) is 130 cm³/mol. The highest BCUT2D eigenvalue weighted by atomic mass is 31.2. The summed E-state index contributed by atoms with van der Waals surface area (Å²) < 4.78 is 46.2. The molecule has 0 aliphatic rings. The van der Waals surface area contributed by atoms with Gasteiger partial charge in [-0.1, -0.05) is 20.8 Å². The van der Waals surface area contributed by atoms with E-state index in [0.717, 1.165) is 117 Å². The van der Waals surface area contributed by atoms with Crippen LogP contribution in [-0.4, -0.2) is 59.5 Å². The molecule has 0 fully saturated rings. The van der Waals surface area contributed by atoms with E-state index < -0.39 is 7.82 Å². The Morgan fingerprint density at radius 3 is 0.969 bits per heavy atom. The third-order valence-electron chi connectivity index (χ3n) is 4.59. The van der Waals surface area contributed by atoms with Crippen LogP contribution >= 0.6 is 7.82 Å². The van der Waals surface area contributed by atoms with Crippen LogP contribution in [0.2, 0.25) is 0 Å². The number of unbranched alkanes of at least 4 members (excludes halogenated alkanes) is 6. The molecule has 0 saturated heterocycles. The zero-order valence-corrected chi connectivity index (χ0v) is 22.0. The lowest BCUT2D eigenvalue weighted by Crippen LogP contribution is -2.05. The molecule has 0 spiro atoms. The average Bonchev–Trinajstić information content (AvgIpc) is 2.79. The van der Waals surface area contributed by atoms with Crippen molar-refractivity contribution in [1.82, 2.24) is 0 Å². The lowest BCUT2D eigenvalue weighted by atomic mass is 10.2. The van der Waals surface area contributed by atoms with Crippen LogP contribution < -0.4 is 0 Å². The van der Waals surface area contributed by atoms with Gasteiger partial charge >= 0.3 is 7.82 Å². The van der Waals surface area contributed by atoms with Gasteiger partial charge in [-0.25, -0.2) is 4.57 Å². The fourth-order valence-electron chi connectivity index (χ4n) is 2.83. The van der Waals surface area contributed by atoms with Crippen LogP contribution in [0.4, 0.5) is 0 Å². The second kappa shape index (κ2) is 25.6. The first-order valence-corrected chi connectivity index (χ1v) is 14.4. The van der Waals surface area contributed by atoms with E-state index in [-0.39, 0.29) is 0 Å². The summed E-state index contributed by atoms with van der Waals surface area (Å²) in [5.41, 5.74) is 0. The standard InChI is InChI=1S/C24H51O7P/c1-4-16-26-19-10-7-13-22-29-32(25,30-23-14-8-11-20-27-17-5-2)31-24-15-9-12-21-28-18-6-3/h4-24H2,1-3H3. The van der Waals surface area contributed by atoms with Crippen molar-refractivity contribution in [2.45, 2.75) is 97.8 Å². The molecule has 0 bridgehead atoms. The molecule has 0 unspecified atom stereocenters. The van der Waals surface area contributed by atoms with Crippen LogP contribution in [0.15, 0.2) is 0 Å². The van der Waals surface area contributed by atoms with Crippen LogP contribution in [0.25, 0.3) is 0 Å². The van der Waals surface area contributed by atoms with Crippen LogP contribution in [0.1, 0.15) is 97.8 Å². The minimum atomic E-state index is -3.51. The summed E-state index contributed by atoms with van der Waals surface area (Å²) in [6.45, 7) is 12.2. The summed E-state index contributed by atoms with van der Waals surface area (Å²) in [6, 6.07) is 0. The highest BCUT2D eigenvalue weighted by Crippen LogP contribution is 2.49. The van der Waals surface area contributed by atoms with Crippen LogP contribution in [0, 0.1) is 0 Å². The van der Waals surface area contributed by atoms with E-state index >= 15 is 0 Å². The largest absolute Gasteiger partial charge is 0.474 e. The molecule has 194 valence electrons. The molecular weight excluding hydrogens is 431 g/mol. The summed E-state index contributed by atoms with van der Waals surface area (Å²) >= 11 is 0. The summed E-state index contributed by atoms with van der Waals surface area (Å²) in [5.74, 6) is 0. The summed E-state index contributed by atoms with van der Waals surface area (Å²) in [5, 5.41) is 0. The summed E-state index contributed by atoms with van der Waals surface area (Å²) in [4.78, 5) is 0. The van der Waals surface area contributed by atoms with E-state index in [1.807, 2.05) is 0 Å². The molecule has 0 saturated carbocycles. The highest BCUT2D eigenvalue weighted by molar-refractivity contribution is 7.48. The predicted octanol–water partition coefficient (Wildman–Crippen LogP) is 6.94. The Morgan fingerprint density at radius 2 is 0.688 bits per heavy atom. The van der Waals surface area contributed by atoms with Crippen molar-refractivity contribution in [2.24, 2.45) is 0 Å². The molecule has 0 aromatic carbocycles. The van der Waals surface area contributed by atoms with Crippen LogP contribution in [-0.2, 0) is 32.3 Å². The number of ether oxygens (including phenoxy) is 3. The minimum absolute atomic E-state index is 0.376. The van der Waals surface area contributed by atoms with E-state index in [4.69, 9.17) is 27.8 Å². The van der Waals surface area contributed by atoms with Gasteiger partial charge in [0.25, 0.3) is 0 Å². The van der Waals surface area contributed by atoms with Gasteiger partial charge in [0.05, 0.1) is 19.8 Å². The first-order valence-electron chi connectivity index (χ1n) is 12.9. The van der Waals surface area contributed by atoms with E-state index in [9.17, 15) is 4.57 Å². The fourth-order valence-corrected chi connectivity index (χ4v) is 4.11. The van der Waals surface area contributed by atoms with Gasteiger partial charge in [0, 0.05) is 39.6 Å². The van der Waals surface area contributed by atoms with Crippen molar-refractivity contribution in [3.05, 3.63) is 0 Å². The van der Waals surface area contributed by atoms with Gasteiger partial charge in [-0.3, -0.25) is 13.6 Å². The summed E-state index contributed by atoms with van der Waals surface area (Å²) in [7, 11) is -3.51. The van der Waals surface area contributed by atoms with Gasteiger partial charge < -0.3 is 14.2 Å². The second-order valence-electron chi connectivity index (χ2n) is 7.97. The molecule has 0 rings (SSSR count). The van der Waals surface area contributed by atoms with Crippen molar-refractivity contribution < 1.29 is 32.3 Å². The van der Waals surface area contributed by atoms with Gasteiger partial charge in [-0.05, 0) is 77.0 Å². The minimum Gasteiger partial charge on any atom is -0.381 e. The molecule has 0 atom stereocenters. The monoisotopic (exact) mass is 482 g/mol. The lowest BCUT2D eigenvalue weighted by Gasteiger charge is -2.18. The Labute approximate surface area is 197 Å². The van der Waals surface area contributed by atoms with Crippen LogP contribution in [0.3, 0.4) is 0 Å². The van der Waals surface area contributed by atoms with Gasteiger partial charge in [-0.2, -0.15) is 0 Å². The Bertz CT molecular complexity index is 353. The topological polar surface area (TPSA) is 72.5 Å². The molecule has 0 heterocycles. The molecule has 8 heteroatoms. The lowest BCUT2D eigenvalue weighted by molar-refractivity contribution is 0.101. The van der Waals surface area contributed by atoms with Crippen molar-refractivity contribution in [3.8, 4) is 0 Å². The Morgan fingerprint density at radius 1 is 0.406 bits per heavy atom. The van der Waals surface area contributed by atoms with Crippen LogP contribution in [0.5, 0.6) is 0 Å². The third-order valence-corrected chi connectivity index (χ3v) is 6.09.